The van der Waals surface area contributed by atoms with Gasteiger partial charge in [-0.15, -0.1) is 0 Å². The number of rotatable bonds is 8. The van der Waals surface area contributed by atoms with Crippen LogP contribution in [0.5, 0.6) is 5.75 Å². The third-order valence-electron chi connectivity index (χ3n) is 5.26. The zero-order valence-electron chi connectivity index (χ0n) is 15.8. The molecule has 0 bridgehead atoms. The van der Waals surface area contributed by atoms with Crippen molar-refractivity contribution in [3.8, 4) is 5.75 Å². The van der Waals surface area contributed by atoms with Crippen LogP contribution in [0.2, 0.25) is 0 Å². The van der Waals surface area contributed by atoms with Gasteiger partial charge in [-0.1, -0.05) is 17.7 Å². The van der Waals surface area contributed by atoms with Crippen molar-refractivity contribution in [3.63, 3.8) is 0 Å². The normalized spacial score (nSPS) is 19.0. The van der Waals surface area contributed by atoms with Gasteiger partial charge < -0.3 is 14.4 Å². The van der Waals surface area contributed by atoms with Crippen molar-refractivity contribution in [2.24, 2.45) is 5.92 Å². The molecule has 2 aliphatic rings. The second-order valence-corrected chi connectivity index (χ2v) is 7.60. The summed E-state index contributed by atoms with van der Waals surface area (Å²) >= 11 is 0. The lowest BCUT2D eigenvalue weighted by Gasteiger charge is -2.34. The van der Waals surface area contributed by atoms with Gasteiger partial charge in [0.05, 0.1) is 18.3 Å². The van der Waals surface area contributed by atoms with Crippen molar-refractivity contribution < 1.29 is 14.3 Å². The third-order valence-corrected chi connectivity index (χ3v) is 5.26. The standard InChI is InChI=1S/C21H27N3O3/c1-16-2-6-20(7-3-16)27-15-21(25)23-12-18-8-10-22-24(18)19(13-23)9-11-26-14-17-4-5-17/h2-3,6-8,10,17,19H,4-5,9,11-15H2,1H3. The van der Waals surface area contributed by atoms with Crippen molar-refractivity contribution >= 4 is 5.91 Å². The Kier molecular flexibility index (Phi) is 5.43. The number of aryl methyl sites for hydroxylation is 1. The zero-order chi connectivity index (χ0) is 18.6. The summed E-state index contributed by atoms with van der Waals surface area (Å²) in [5.41, 5.74) is 2.24. The Labute approximate surface area is 160 Å². The summed E-state index contributed by atoms with van der Waals surface area (Å²) in [5, 5.41) is 4.45. The Morgan fingerprint density at radius 1 is 1.22 bits per heavy atom. The molecule has 0 spiro atoms. The summed E-state index contributed by atoms with van der Waals surface area (Å²) in [6.07, 6.45) is 5.28. The van der Waals surface area contributed by atoms with Crippen molar-refractivity contribution in [1.82, 2.24) is 14.7 Å². The van der Waals surface area contributed by atoms with Crippen LogP contribution in [-0.2, 0) is 16.1 Å². The van der Waals surface area contributed by atoms with E-state index in [-0.39, 0.29) is 18.6 Å². The van der Waals surface area contributed by atoms with Crippen LogP contribution in [-0.4, -0.2) is 47.0 Å². The first-order valence-electron chi connectivity index (χ1n) is 9.76. The zero-order valence-corrected chi connectivity index (χ0v) is 15.8. The molecule has 2 aromatic rings. The molecule has 27 heavy (non-hydrogen) atoms. The largest absolute Gasteiger partial charge is 0.484 e. The van der Waals surface area contributed by atoms with Gasteiger partial charge in [-0.3, -0.25) is 9.48 Å². The van der Waals surface area contributed by atoms with Crippen LogP contribution in [0.15, 0.2) is 36.5 Å². The van der Waals surface area contributed by atoms with Gasteiger partial charge in [0.25, 0.3) is 5.91 Å². The van der Waals surface area contributed by atoms with E-state index in [1.165, 1.54) is 18.4 Å². The fraction of sp³-hybridized carbons (Fsp3) is 0.524. The predicted molar refractivity (Wildman–Crippen MR) is 102 cm³/mol. The van der Waals surface area contributed by atoms with Gasteiger partial charge in [0.1, 0.15) is 5.75 Å². The van der Waals surface area contributed by atoms with Crippen molar-refractivity contribution in [2.45, 2.75) is 38.8 Å². The van der Waals surface area contributed by atoms with Crippen LogP contribution in [0.3, 0.4) is 0 Å². The lowest BCUT2D eigenvalue weighted by molar-refractivity contribution is -0.135. The summed E-state index contributed by atoms with van der Waals surface area (Å²) in [7, 11) is 0. The summed E-state index contributed by atoms with van der Waals surface area (Å²) in [4.78, 5) is 14.6. The van der Waals surface area contributed by atoms with Crippen LogP contribution in [0, 0.1) is 12.8 Å². The number of aromatic nitrogens is 2. The highest BCUT2D eigenvalue weighted by Gasteiger charge is 2.29. The molecule has 1 aliphatic heterocycles. The number of benzene rings is 1. The Balaban J connectivity index is 1.32. The van der Waals surface area contributed by atoms with Gasteiger partial charge in [0, 0.05) is 26.0 Å². The summed E-state index contributed by atoms with van der Waals surface area (Å²) in [6, 6.07) is 9.90. The van der Waals surface area contributed by atoms with Crippen LogP contribution in [0.25, 0.3) is 0 Å². The number of ether oxygens (including phenoxy) is 2. The number of hydrogen-bond donors (Lipinski definition) is 0. The molecule has 0 saturated heterocycles. The van der Waals surface area contributed by atoms with Gasteiger partial charge in [0.15, 0.2) is 6.61 Å². The Bertz CT molecular complexity index is 767. The van der Waals surface area contributed by atoms with Crippen LogP contribution in [0.4, 0.5) is 0 Å². The maximum Gasteiger partial charge on any atom is 0.260 e. The Hall–Kier alpha value is -2.34. The smallest absolute Gasteiger partial charge is 0.260 e. The molecule has 2 heterocycles. The molecular weight excluding hydrogens is 342 g/mol. The molecule has 144 valence electrons. The average molecular weight is 369 g/mol. The van der Waals surface area contributed by atoms with Gasteiger partial charge in [-0.25, -0.2) is 0 Å². The van der Waals surface area contributed by atoms with Gasteiger partial charge in [-0.2, -0.15) is 5.10 Å². The number of hydrogen-bond acceptors (Lipinski definition) is 4. The highest BCUT2D eigenvalue weighted by molar-refractivity contribution is 5.78. The molecule has 1 aromatic heterocycles. The van der Waals surface area contributed by atoms with Gasteiger partial charge >= 0.3 is 0 Å². The molecule has 6 nitrogen and oxygen atoms in total. The molecule has 0 N–H and O–H groups in total. The Morgan fingerprint density at radius 2 is 2.04 bits per heavy atom. The number of fused-ring (bicyclic) bond motifs is 1. The fourth-order valence-corrected chi connectivity index (χ4v) is 3.42. The maximum absolute atomic E-state index is 12.7. The lowest BCUT2D eigenvalue weighted by Crippen LogP contribution is -2.43. The second-order valence-electron chi connectivity index (χ2n) is 7.60. The molecule has 1 unspecified atom stereocenters. The molecule has 1 amide bonds. The van der Waals surface area contributed by atoms with Crippen LogP contribution >= 0.6 is 0 Å². The molecular formula is C21H27N3O3. The molecule has 1 atom stereocenters. The minimum atomic E-state index is 0.00641. The number of amides is 1. The minimum Gasteiger partial charge on any atom is -0.484 e. The molecule has 4 rings (SSSR count). The van der Waals surface area contributed by atoms with E-state index in [4.69, 9.17) is 9.47 Å². The highest BCUT2D eigenvalue weighted by atomic mass is 16.5. The highest BCUT2D eigenvalue weighted by Crippen LogP contribution is 2.29. The first-order chi connectivity index (χ1) is 13.2. The van der Waals surface area contributed by atoms with Crippen LogP contribution in [0.1, 0.15) is 36.6 Å². The molecule has 1 aliphatic carbocycles. The maximum atomic E-state index is 12.7. The monoisotopic (exact) mass is 369 g/mol. The second kappa shape index (κ2) is 8.13. The van der Waals surface area contributed by atoms with Crippen molar-refractivity contribution in [2.75, 3.05) is 26.4 Å². The molecule has 1 aromatic carbocycles. The molecule has 1 saturated carbocycles. The third kappa shape index (κ3) is 4.69. The van der Waals surface area contributed by atoms with E-state index in [0.717, 1.165) is 30.4 Å². The number of carbonyl (C=O) groups is 1. The van der Waals surface area contributed by atoms with E-state index in [2.05, 4.69) is 5.10 Å². The molecule has 1 fully saturated rings. The topological polar surface area (TPSA) is 56.6 Å². The minimum absolute atomic E-state index is 0.00641. The first-order valence-corrected chi connectivity index (χ1v) is 9.76. The average Bonchev–Trinajstić information content (AvgIpc) is 3.38. The van der Waals surface area contributed by atoms with Crippen molar-refractivity contribution in [3.05, 3.63) is 47.8 Å². The first kappa shape index (κ1) is 18.0. The predicted octanol–water partition coefficient (Wildman–Crippen LogP) is 2.97. The quantitative estimate of drug-likeness (QED) is 0.672. The van der Waals surface area contributed by atoms with Crippen molar-refractivity contribution in [1.29, 1.82) is 0 Å². The number of carbonyl (C=O) groups excluding carboxylic acids is 1. The van der Waals surface area contributed by atoms with E-state index in [1.54, 1.807) is 0 Å². The van der Waals surface area contributed by atoms with E-state index < -0.39 is 0 Å². The number of nitrogens with zero attached hydrogens (tertiary/aromatic N) is 3. The molecule has 6 heteroatoms. The van der Waals surface area contributed by atoms with E-state index in [9.17, 15) is 4.79 Å². The van der Waals surface area contributed by atoms with Gasteiger partial charge in [0.2, 0.25) is 0 Å². The van der Waals surface area contributed by atoms with Gasteiger partial charge in [-0.05, 0) is 50.3 Å². The Morgan fingerprint density at radius 3 is 2.81 bits per heavy atom. The molecule has 0 radical (unpaired) electrons. The van der Waals surface area contributed by atoms with E-state index in [1.807, 2.05) is 53.0 Å². The summed E-state index contributed by atoms with van der Waals surface area (Å²) < 4.78 is 13.5. The van der Waals surface area contributed by atoms with Crippen LogP contribution < -0.4 is 4.74 Å². The van der Waals surface area contributed by atoms with E-state index in [0.29, 0.717) is 19.7 Å². The fourth-order valence-electron chi connectivity index (χ4n) is 3.42. The lowest BCUT2D eigenvalue weighted by atomic mass is 10.1. The summed E-state index contributed by atoms with van der Waals surface area (Å²) in [5.74, 6) is 1.50. The SMILES string of the molecule is Cc1ccc(OCC(=O)N2Cc3ccnn3C(CCOCC3CC3)C2)cc1. The van der Waals surface area contributed by atoms with E-state index >= 15 is 0 Å². The summed E-state index contributed by atoms with van der Waals surface area (Å²) in [6.45, 7) is 4.89.